The standard InChI is InChI=1S/C26H27ClFN5O4/c27-20-10-16(3-4-21(20)28)31-26-19-11-23(32-25(35)2-1-7-33-8-5-17(33)13-34)24(12-22(19)29-15-30-26)37-18-6-9-36-14-18/h1-4,10-12,15,17-18,34H,5-9,13-14H2,(H,32,35)(H,29,30,31)/t17?,18-/m0/s1. The van der Waals surface area contributed by atoms with Gasteiger partial charge in [-0.3, -0.25) is 9.69 Å². The molecule has 2 aromatic carbocycles. The number of carbonyl (C=O) groups excluding carboxylic acids is 1. The molecular formula is C26H27ClFN5O4. The minimum absolute atomic E-state index is 0.0129. The van der Waals surface area contributed by atoms with Crippen LogP contribution in [0.5, 0.6) is 5.75 Å². The Morgan fingerprint density at radius 3 is 2.92 bits per heavy atom. The Hall–Kier alpha value is -3.31. The van der Waals surface area contributed by atoms with Crippen molar-refractivity contribution in [1.29, 1.82) is 0 Å². The summed E-state index contributed by atoms with van der Waals surface area (Å²) in [4.78, 5) is 23.6. The zero-order valence-corrected chi connectivity index (χ0v) is 20.7. The van der Waals surface area contributed by atoms with E-state index in [0.29, 0.717) is 53.6 Å². The van der Waals surface area contributed by atoms with E-state index in [2.05, 4.69) is 25.5 Å². The number of aliphatic hydroxyl groups excluding tert-OH is 1. The normalized spacial score (nSPS) is 19.8. The molecule has 9 nitrogen and oxygen atoms in total. The molecular weight excluding hydrogens is 501 g/mol. The Labute approximate surface area is 218 Å². The van der Waals surface area contributed by atoms with Gasteiger partial charge in [0, 0.05) is 48.8 Å². The van der Waals surface area contributed by atoms with E-state index >= 15 is 0 Å². The molecule has 0 bridgehead atoms. The fraction of sp³-hybridized carbons (Fsp3) is 0.346. The molecule has 0 spiro atoms. The maximum absolute atomic E-state index is 13.6. The summed E-state index contributed by atoms with van der Waals surface area (Å²) in [5.74, 6) is 0.103. The van der Waals surface area contributed by atoms with E-state index in [1.807, 2.05) is 0 Å². The minimum Gasteiger partial charge on any atom is -0.486 e. The Morgan fingerprint density at radius 1 is 1.30 bits per heavy atom. The lowest BCUT2D eigenvalue weighted by Crippen LogP contribution is -2.49. The highest BCUT2D eigenvalue weighted by Gasteiger charge is 2.25. The third-order valence-electron chi connectivity index (χ3n) is 6.44. The molecule has 2 saturated heterocycles. The summed E-state index contributed by atoms with van der Waals surface area (Å²) in [7, 11) is 0. The quantitative estimate of drug-likeness (QED) is 0.360. The van der Waals surface area contributed by atoms with Crippen molar-refractivity contribution in [2.45, 2.75) is 25.0 Å². The van der Waals surface area contributed by atoms with Crippen LogP contribution in [0.4, 0.5) is 21.6 Å². The fourth-order valence-corrected chi connectivity index (χ4v) is 4.47. The van der Waals surface area contributed by atoms with Gasteiger partial charge in [0.1, 0.15) is 29.8 Å². The Kier molecular flexibility index (Phi) is 7.80. The predicted octanol–water partition coefficient (Wildman–Crippen LogP) is 3.89. The highest BCUT2D eigenvalue weighted by atomic mass is 35.5. The smallest absolute Gasteiger partial charge is 0.248 e. The molecule has 2 atom stereocenters. The maximum atomic E-state index is 13.6. The summed E-state index contributed by atoms with van der Waals surface area (Å²) in [5.41, 5.74) is 1.61. The molecule has 11 heteroatoms. The minimum atomic E-state index is -0.517. The third-order valence-corrected chi connectivity index (χ3v) is 6.73. The highest BCUT2D eigenvalue weighted by Crippen LogP contribution is 2.35. The van der Waals surface area contributed by atoms with Crippen LogP contribution in [0.25, 0.3) is 10.9 Å². The zero-order chi connectivity index (χ0) is 25.8. The number of halogens is 2. The van der Waals surface area contributed by atoms with Crippen molar-refractivity contribution in [3.05, 3.63) is 59.7 Å². The lowest BCUT2D eigenvalue weighted by molar-refractivity contribution is -0.112. The van der Waals surface area contributed by atoms with Crippen LogP contribution in [-0.4, -0.2) is 70.9 Å². The number of ether oxygens (including phenoxy) is 2. The van der Waals surface area contributed by atoms with E-state index in [1.165, 1.54) is 24.5 Å². The Bertz CT molecular complexity index is 1320. The van der Waals surface area contributed by atoms with Crippen LogP contribution in [0.3, 0.4) is 0 Å². The summed E-state index contributed by atoms with van der Waals surface area (Å²) in [6.45, 7) is 2.68. The van der Waals surface area contributed by atoms with Gasteiger partial charge in [-0.05, 0) is 30.7 Å². The molecule has 1 aromatic heterocycles. The van der Waals surface area contributed by atoms with E-state index < -0.39 is 5.82 Å². The number of anilines is 3. The average molecular weight is 528 g/mol. The number of hydrogen-bond donors (Lipinski definition) is 3. The van der Waals surface area contributed by atoms with Gasteiger partial charge < -0.3 is 25.2 Å². The second kappa shape index (κ2) is 11.4. The van der Waals surface area contributed by atoms with Crippen LogP contribution in [0, 0.1) is 5.82 Å². The number of amides is 1. The van der Waals surface area contributed by atoms with Crippen molar-refractivity contribution < 1.29 is 23.8 Å². The molecule has 5 rings (SSSR count). The molecule has 2 aliphatic heterocycles. The fourth-order valence-electron chi connectivity index (χ4n) is 4.29. The first kappa shape index (κ1) is 25.3. The second-order valence-electron chi connectivity index (χ2n) is 8.96. The first-order valence-corrected chi connectivity index (χ1v) is 12.5. The predicted molar refractivity (Wildman–Crippen MR) is 139 cm³/mol. The van der Waals surface area contributed by atoms with Crippen LogP contribution in [0.2, 0.25) is 5.02 Å². The number of nitrogens with one attached hydrogen (secondary N) is 2. The van der Waals surface area contributed by atoms with Crippen LogP contribution in [0.15, 0.2) is 48.8 Å². The van der Waals surface area contributed by atoms with Gasteiger partial charge in [0.05, 0.1) is 36.0 Å². The van der Waals surface area contributed by atoms with E-state index in [4.69, 9.17) is 21.1 Å². The third kappa shape index (κ3) is 5.99. The molecule has 1 unspecified atom stereocenters. The number of fused-ring (bicyclic) bond motifs is 1. The topological polar surface area (TPSA) is 109 Å². The van der Waals surface area contributed by atoms with Crippen LogP contribution < -0.4 is 15.4 Å². The van der Waals surface area contributed by atoms with Gasteiger partial charge in [-0.25, -0.2) is 14.4 Å². The van der Waals surface area contributed by atoms with E-state index in [1.54, 1.807) is 24.3 Å². The average Bonchev–Trinajstić information content (AvgIpc) is 3.37. The lowest BCUT2D eigenvalue weighted by atomic mass is 10.0. The summed E-state index contributed by atoms with van der Waals surface area (Å²) >= 11 is 5.93. The van der Waals surface area contributed by atoms with Gasteiger partial charge >= 0.3 is 0 Å². The Balaban J connectivity index is 1.41. The number of benzene rings is 2. The van der Waals surface area contributed by atoms with Crippen molar-refractivity contribution in [1.82, 2.24) is 14.9 Å². The monoisotopic (exact) mass is 527 g/mol. The number of carbonyl (C=O) groups is 1. The summed E-state index contributed by atoms with van der Waals surface area (Å²) in [6, 6.07) is 7.95. The number of hydrogen-bond acceptors (Lipinski definition) is 8. The number of likely N-dealkylation sites (tertiary alicyclic amines) is 1. The zero-order valence-electron chi connectivity index (χ0n) is 20.0. The first-order chi connectivity index (χ1) is 18.0. The molecule has 3 aromatic rings. The summed E-state index contributed by atoms with van der Waals surface area (Å²) in [5, 5.41) is 16.0. The maximum Gasteiger partial charge on any atom is 0.248 e. The van der Waals surface area contributed by atoms with Gasteiger partial charge in [0.2, 0.25) is 5.91 Å². The van der Waals surface area contributed by atoms with Gasteiger partial charge in [0.15, 0.2) is 0 Å². The van der Waals surface area contributed by atoms with E-state index in [9.17, 15) is 14.3 Å². The van der Waals surface area contributed by atoms with Crippen molar-refractivity contribution in [2.24, 2.45) is 0 Å². The van der Waals surface area contributed by atoms with E-state index in [0.717, 1.165) is 19.4 Å². The molecule has 0 saturated carbocycles. The molecule has 194 valence electrons. The number of aliphatic hydroxyl groups is 1. The largest absolute Gasteiger partial charge is 0.486 e. The molecule has 3 heterocycles. The highest BCUT2D eigenvalue weighted by molar-refractivity contribution is 6.31. The lowest BCUT2D eigenvalue weighted by Gasteiger charge is -2.39. The van der Waals surface area contributed by atoms with Crippen molar-refractivity contribution in [3.8, 4) is 5.75 Å². The number of nitrogens with zero attached hydrogens (tertiary/aromatic N) is 3. The molecule has 3 N–H and O–H groups in total. The second-order valence-corrected chi connectivity index (χ2v) is 9.36. The van der Waals surface area contributed by atoms with Crippen molar-refractivity contribution in [2.75, 3.05) is 43.5 Å². The SMILES string of the molecule is O=C(C=CCN1CCC1CO)Nc1cc2c(Nc3ccc(F)c(Cl)c3)ncnc2cc1O[C@H]1CCOC1. The molecule has 1 amide bonds. The van der Waals surface area contributed by atoms with Crippen molar-refractivity contribution in [3.63, 3.8) is 0 Å². The van der Waals surface area contributed by atoms with Crippen LogP contribution in [-0.2, 0) is 9.53 Å². The van der Waals surface area contributed by atoms with Crippen molar-refractivity contribution >= 4 is 45.6 Å². The van der Waals surface area contributed by atoms with Gasteiger partial charge in [-0.1, -0.05) is 17.7 Å². The number of aromatic nitrogens is 2. The van der Waals surface area contributed by atoms with Gasteiger partial charge in [-0.2, -0.15) is 0 Å². The van der Waals surface area contributed by atoms with Gasteiger partial charge in [0.25, 0.3) is 0 Å². The van der Waals surface area contributed by atoms with Crippen LogP contribution >= 0.6 is 11.6 Å². The molecule has 37 heavy (non-hydrogen) atoms. The van der Waals surface area contributed by atoms with Crippen LogP contribution in [0.1, 0.15) is 12.8 Å². The number of rotatable bonds is 9. The molecule has 2 aliphatic rings. The molecule has 0 radical (unpaired) electrons. The molecule has 0 aliphatic carbocycles. The first-order valence-electron chi connectivity index (χ1n) is 12.1. The summed E-state index contributed by atoms with van der Waals surface area (Å²) < 4.78 is 25.2. The summed E-state index contributed by atoms with van der Waals surface area (Å²) in [6.07, 6.45) is 6.23. The molecule has 2 fully saturated rings. The van der Waals surface area contributed by atoms with Gasteiger partial charge in [-0.15, -0.1) is 0 Å². The van der Waals surface area contributed by atoms with E-state index in [-0.39, 0.29) is 29.7 Å². The Morgan fingerprint density at radius 2 is 2.19 bits per heavy atom.